The van der Waals surface area contributed by atoms with E-state index in [9.17, 15) is 4.79 Å². The number of anilines is 1. The summed E-state index contributed by atoms with van der Waals surface area (Å²) < 4.78 is 5.42. The Hall–Kier alpha value is -3.41. The van der Waals surface area contributed by atoms with Crippen molar-refractivity contribution < 1.29 is 9.53 Å². The average molecular weight is 348 g/mol. The number of nitrogens with two attached hydrogens (primary N) is 1. The number of hydrogen-bond donors (Lipinski definition) is 1. The Kier molecular flexibility index (Phi) is 5.12. The van der Waals surface area contributed by atoms with Crippen molar-refractivity contribution in [2.45, 2.75) is 6.54 Å². The zero-order chi connectivity index (χ0) is 18.5. The molecular formula is C20H20N4O2. The van der Waals surface area contributed by atoms with Crippen LogP contribution in [0.4, 0.5) is 5.95 Å². The van der Waals surface area contributed by atoms with Gasteiger partial charge >= 0.3 is 0 Å². The molecule has 2 N–H and O–H groups in total. The molecule has 3 rings (SSSR count). The number of para-hydroxylation sites is 1. The van der Waals surface area contributed by atoms with Gasteiger partial charge in [-0.1, -0.05) is 30.3 Å². The van der Waals surface area contributed by atoms with Gasteiger partial charge in [0.15, 0.2) is 0 Å². The highest BCUT2D eigenvalue weighted by atomic mass is 16.5. The summed E-state index contributed by atoms with van der Waals surface area (Å²) in [5.74, 6) is 0.898. The zero-order valence-corrected chi connectivity index (χ0v) is 14.7. The molecule has 0 saturated heterocycles. The van der Waals surface area contributed by atoms with Crippen molar-refractivity contribution >= 4 is 11.9 Å². The highest BCUT2D eigenvalue weighted by Crippen LogP contribution is 2.30. The third kappa shape index (κ3) is 3.80. The van der Waals surface area contributed by atoms with Crippen LogP contribution in [-0.2, 0) is 6.54 Å². The van der Waals surface area contributed by atoms with Gasteiger partial charge in [0.25, 0.3) is 5.91 Å². The van der Waals surface area contributed by atoms with Crippen LogP contribution in [0, 0.1) is 0 Å². The lowest BCUT2D eigenvalue weighted by Crippen LogP contribution is -2.26. The molecule has 1 aromatic heterocycles. The number of carbonyl (C=O) groups is 1. The lowest BCUT2D eigenvalue weighted by Gasteiger charge is -2.18. The van der Waals surface area contributed by atoms with Crippen LogP contribution in [0.1, 0.15) is 15.9 Å². The number of carbonyl (C=O) groups excluding carboxylic acids is 1. The zero-order valence-electron chi connectivity index (χ0n) is 14.7. The molecule has 0 spiro atoms. The summed E-state index contributed by atoms with van der Waals surface area (Å²) in [6, 6.07) is 15.2. The summed E-state index contributed by atoms with van der Waals surface area (Å²) in [5, 5.41) is 0. The molecule has 1 heterocycles. The SMILES string of the molecule is COc1ccccc1-c1cccc(C(=O)N(C)Cc2cnc(N)nc2)c1. The molecule has 6 heteroatoms. The van der Waals surface area contributed by atoms with Crippen LogP contribution in [-0.4, -0.2) is 34.9 Å². The topological polar surface area (TPSA) is 81.3 Å². The molecule has 6 nitrogen and oxygen atoms in total. The van der Waals surface area contributed by atoms with Crippen LogP contribution < -0.4 is 10.5 Å². The van der Waals surface area contributed by atoms with Crippen molar-refractivity contribution in [2.75, 3.05) is 19.9 Å². The van der Waals surface area contributed by atoms with Gasteiger partial charge < -0.3 is 15.4 Å². The van der Waals surface area contributed by atoms with Gasteiger partial charge in [-0.2, -0.15) is 0 Å². The smallest absolute Gasteiger partial charge is 0.253 e. The molecule has 0 atom stereocenters. The monoisotopic (exact) mass is 348 g/mol. The Morgan fingerprint density at radius 1 is 1.12 bits per heavy atom. The van der Waals surface area contributed by atoms with E-state index in [1.54, 1.807) is 37.5 Å². The molecule has 26 heavy (non-hydrogen) atoms. The summed E-state index contributed by atoms with van der Waals surface area (Å²) in [4.78, 5) is 22.3. The number of benzene rings is 2. The minimum atomic E-state index is -0.0847. The Balaban J connectivity index is 1.82. The summed E-state index contributed by atoms with van der Waals surface area (Å²) in [5.41, 5.74) is 8.78. The predicted octanol–water partition coefficient (Wildman–Crippen LogP) is 3.01. The number of ether oxygens (including phenoxy) is 1. The maximum atomic E-state index is 12.8. The Bertz CT molecular complexity index is 910. The van der Waals surface area contributed by atoms with Crippen LogP contribution in [0.15, 0.2) is 60.9 Å². The number of rotatable bonds is 5. The van der Waals surface area contributed by atoms with Gasteiger partial charge in [0, 0.05) is 42.7 Å². The normalized spacial score (nSPS) is 10.4. The molecule has 0 fully saturated rings. The minimum absolute atomic E-state index is 0.0847. The average Bonchev–Trinajstić information content (AvgIpc) is 2.69. The van der Waals surface area contributed by atoms with Crippen LogP contribution in [0.5, 0.6) is 5.75 Å². The molecule has 1 amide bonds. The van der Waals surface area contributed by atoms with E-state index in [4.69, 9.17) is 10.5 Å². The molecule has 3 aromatic rings. The maximum absolute atomic E-state index is 12.8. The van der Waals surface area contributed by atoms with Crippen molar-refractivity contribution in [1.82, 2.24) is 14.9 Å². The van der Waals surface area contributed by atoms with E-state index in [-0.39, 0.29) is 11.9 Å². The summed E-state index contributed by atoms with van der Waals surface area (Å²) >= 11 is 0. The molecule has 0 aliphatic heterocycles. The molecule has 132 valence electrons. The first-order valence-corrected chi connectivity index (χ1v) is 8.14. The third-order valence-electron chi connectivity index (χ3n) is 4.02. The van der Waals surface area contributed by atoms with Gasteiger partial charge in [-0.3, -0.25) is 4.79 Å². The lowest BCUT2D eigenvalue weighted by atomic mass is 10.0. The van der Waals surface area contributed by atoms with E-state index < -0.39 is 0 Å². The molecule has 0 aliphatic carbocycles. The number of methoxy groups -OCH3 is 1. The second-order valence-electron chi connectivity index (χ2n) is 5.89. The van der Waals surface area contributed by atoms with Crippen molar-refractivity contribution in [3.8, 4) is 16.9 Å². The summed E-state index contributed by atoms with van der Waals surface area (Å²) in [6.07, 6.45) is 3.24. The predicted molar refractivity (Wildman–Crippen MR) is 101 cm³/mol. The van der Waals surface area contributed by atoms with E-state index >= 15 is 0 Å². The number of amides is 1. The van der Waals surface area contributed by atoms with Crippen LogP contribution in [0.3, 0.4) is 0 Å². The fourth-order valence-electron chi connectivity index (χ4n) is 2.72. The molecule has 2 aromatic carbocycles. The fourth-order valence-corrected chi connectivity index (χ4v) is 2.72. The van der Waals surface area contributed by atoms with Gasteiger partial charge in [-0.25, -0.2) is 9.97 Å². The van der Waals surface area contributed by atoms with Crippen molar-refractivity contribution in [3.63, 3.8) is 0 Å². The van der Waals surface area contributed by atoms with Crippen molar-refractivity contribution in [1.29, 1.82) is 0 Å². The maximum Gasteiger partial charge on any atom is 0.253 e. The van der Waals surface area contributed by atoms with Crippen molar-refractivity contribution in [3.05, 3.63) is 72.1 Å². The Morgan fingerprint density at radius 2 is 1.85 bits per heavy atom. The Labute approximate surface area is 152 Å². The second kappa shape index (κ2) is 7.65. The van der Waals surface area contributed by atoms with E-state index in [1.165, 1.54) is 0 Å². The summed E-state index contributed by atoms with van der Waals surface area (Å²) in [6.45, 7) is 0.401. The van der Waals surface area contributed by atoms with Crippen molar-refractivity contribution in [2.24, 2.45) is 0 Å². The molecule has 0 unspecified atom stereocenters. The van der Waals surface area contributed by atoms with Gasteiger partial charge in [-0.05, 0) is 23.8 Å². The van der Waals surface area contributed by atoms with Gasteiger partial charge in [0.05, 0.1) is 7.11 Å². The van der Waals surface area contributed by atoms with E-state index in [0.717, 1.165) is 22.4 Å². The molecular weight excluding hydrogens is 328 g/mol. The number of aromatic nitrogens is 2. The number of nitrogens with zero attached hydrogens (tertiary/aromatic N) is 3. The quantitative estimate of drug-likeness (QED) is 0.766. The highest BCUT2D eigenvalue weighted by Gasteiger charge is 2.14. The first kappa shape index (κ1) is 17.4. The third-order valence-corrected chi connectivity index (χ3v) is 4.02. The van der Waals surface area contributed by atoms with Gasteiger partial charge in [0.1, 0.15) is 5.75 Å². The fraction of sp³-hybridized carbons (Fsp3) is 0.150. The Morgan fingerprint density at radius 3 is 2.58 bits per heavy atom. The molecule has 0 bridgehead atoms. The van der Waals surface area contributed by atoms with Gasteiger partial charge in [-0.15, -0.1) is 0 Å². The number of hydrogen-bond acceptors (Lipinski definition) is 5. The first-order chi connectivity index (χ1) is 12.6. The molecule has 0 saturated carbocycles. The van der Waals surface area contributed by atoms with E-state index in [1.807, 2.05) is 42.5 Å². The van der Waals surface area contributed by atoms with Gasteiger partial charge in [0.2, 0.25) is 5.95 Å². The highest BCUT2D eigenvalue weighted by molar-refractivity contribution is 5.95. The molecule has 0 aliphatic rings. The standard InChI is InChI=1S/C20H20N4O2/c1-24(13-14-11-22-20(21)23-12-14)19(25)16-7-5-6-15(10-16)17-8-3-4-9-18(17)26-2/h3-12H,13H2,1-2H3,(H2,21,22,23). The summed E-state index contributed by atoms with van der Waals surface area (Å²) in [7, 11) is 3.38. The van der Waals surface area contributed by atoms with Crippen LogP contribution in [0.2, 0.25) is 0 Å². The minimum Gasteiger partial charge on any atom is -0.496 e. The van der Waals surface area contributed by atoms with E-state index in [2.05, 4.69) is 9.97 Å². The van der Waals surface area contributed by atoms with Crippen LogP contribution in [0.25, 0.3) is 11.1 Å². The number of nitrogen functional groups attached to an aromatic ring is 1. The lowest BCUT2D eigenvalue weighted by molar-refractivity contribution is 0.0785. The first-order valence-electron chi connectivity index (χ1n) is 8.14. The molecule has 0 radical (unpaired) electrons. The van der Waals surface area contributed by atoms with Crippen LogP contribution >= 0.6 is 0 Å². The van der Waals surface area contributed by atoms with E-state index in [0.29, 0.717) is 12.1 Å². The largest absolute Gasteiger partial charge is 0.496 e. The second-order valence-corrected chi connectivity index (χ2v) is 5.89.